The summed E-state index contributed by atoms with van der Waals surface area (Å²) in [7, 11) is 1.68. The van der Waals surface area contributed by atoms with Gasteiger partial charge in [-0.15, -0.1) is 6.58 Å². The van der Waals surface area contributed by atoms with E-state index in [1.54, 1.807) is 7.11 Å². The molecule has 166 valence electrons. The number of aliphatic hydroxyl groups is 1. The molecule has 1 aromatic heterocycles. The zero-order chi connectivity index (χ0) is 22.2. The third-order valence-corrected chi connectivity index (χ3v) is 7.52. The van der Waals surface area contributed by atoms with Crippen LogP contribution < -0.4 is 4.74 Å². The van der Waals surface area contributed by atoms with Gasteiger partial charge in [-0.2, -0.15) is 0 Å². The fourth-order valence-electron chi connectivity index (χ4n) is 5.83. The molecule has 0 radical (unpaired) electrons. The molecule has 2 unspecified atom stereocenters. The SMILES string of the molecule is C=C[C@H]1CN2CCC1C[C@H]2[C@H](O)c1c(-c2ccccc2)c(CC)nc2ccc(OC)cc12. The lowest BCUT2D eigenvalue weighted by molar-refractivity contribution is -0.0443. The van der Waals surface area contributed by atoms with Gasteiger partial charge in [-0.05, 0) is 61.4 Å². The number of piperidine rings is 3. The predicted octanol–water partition coefficient (Wildman–Crippen LogP) is 5.40. The van der Waals surface area contributed by atoms with Gasteiger partial charge in [0, 0.05) is 34.8 Å². The smallest absolute Gasteiger partial charge is 0.119 e. The fraction of sp³-hybridized carbons (Fsp3) is 0.393. The normalized spacial score (nSPS) is 25.6. The second kappa shape index (κ2) is 8.68. The van der Waals surface area contributed by atoms with Crippen LogP contribution in [-0.2, 0) is 6.42 Å². The molecule has 5 atom stereocenters. The third-order valence-electron chi connectivity index (χ3n) is 7.52. The number of hydrogen-bond acceptors (Lipinski definition) is 4. The van der Waals surface area contributed by atoms with E-state index in [0.29, 0.717) is 11.8 Å². The summed E-state index contributed by atoms with van der Waals surface area (Å²) >= 11 is 0. The van der Waals surface area contributed by atoms with Gasteiger partial charge in [-0.1, -0.05) is 43.3 Å². The summed E-state index contributed by atoms with van der Waals surface area (Å²) < 4.78 is 5.55. The summed E-state index contributed by atoms with van der Waals surface area (Å²) in [6, 6.07) is 16.5. The first-order valence-electron chi connectivity index (χ1n) is 11.7. The minimum absolute atomic E-state index is 0.105. The molecule has 3 saturated heterocycles. The molecule has 6 rings (SSSR count). The van der Waals surface area contributed by atoms with Crippen molar-refractivity contribution < 1.29 is 9.84 Å². The van der Waals surface area contributed by atoms with Crippen molar-refractivity contribution in [2.75, 3.05) is 20.2 Å². The molecule has 2 aromatic carbocycles. The van der Waals surface area contributed by atoms with Gasteiger partial charge in [-0.25, -0.2) is 0 Å². The Bertz CT molecular complexity index is 1130. The summed E-state index contributed by atoms with van der Waals surface area (Å²) in [5, 5.41) is 13.0. The summed E-state index contributed by atoms with van der Waals surface area (Å²) in [5.74, 6) is 1.92. The number of aromatic nitrogens is 1. The van der Waals surface area contributed by atoms with E-state index in [-0.39, 0.29) is 6.04 Å². The summed E-state index contributed by atoms with van der Waals surface area (Å²) in [4.78, 5) is 7.49. The van der Waals surface area contributed by atoms with Crippen LogP contribution in [0.15, 0.2) is 61.2 Å². The predicted molar refractivity (Wildman–Crippen MR) is 130 cm³/mol. The average molecular weight is 429 g/mol. The highest BCUT2D eigenvalue weighted by molar-refractivity contribution is 5.91. The molecule has 4 nitrogen and oxygen atoms in total. The van der Waals surface area contributed by atoms with E-state index in [4.69, 9.17) is 9.72 Å². The number of nitrogens with zero attached hydrogens (tertiary/aromatic N) is 2. The quantitative estimate of drug-likeness (QED) is 0.534. The topological polar surface area (TPSA) is 45.6 Å². The Balaban J connectivity index is 1.72. The van der Waals surface area contributed by atoms with Crippen LogP contribution in [0.1, 0.15) is 37.1 Å². The molecular formula is C28H32N2O2. The third kappa shape index (κ3) is 3.52. The second-order valence-electron chi connectivity index (χ2n) is 9.14. The number of benzene rings is 2. The maximum absolute atomic E-state index is 12.0. The fourth-order valence-corrected chi connectivity index (χ4v) is 5.83. The second-order valence-corrected chi connectivity index (χ2v) is 9.14. The van der Waals surface area contributed by atoms with Crippen molar-refractivity contribution >= 4 is 10.9 Å². The van der Waals surface area contributed by atoms with Crippen LogP contribution in [0.4, 0.5) is 0 Å². The van der Waals surface area contributed by atoms with Crippen LogP contribution in [0.3, 0.4) is 0 Å². The Morgan fingerprint density at radius 2 is 2.06 bits per heavy atom. The number of aryl methyl sites for hydroxylation is 1. The zero-order valence-electron chi connectivity index (χ0n) is 19.0. The minimum atomic E-state index is -0.596. The highest BCUT2D eigenvalue weighted by Crippen LogP contribution is 2.45. The zero-order valence-corrected chi connectivity index (χ0v) is 19.0. The van der Waals surface area contributed by atoms with Crippen LogP contribution in [0.25, 0.3) is 22.0 Å². The Morgan fingerprint density at radius 3 is 2.72 bits per heavy atom. The van der Waals surface area contributed by atoms with Crippen molar-refractivity contribution in [3.63, 3.8) is 0 Å². The first-order chi connectivity index (χ1) is 15.6. The number of hydrogen-bond donors (Lipinski definition) is 1. The molecular weight excluding hydrogens is 396 g/mol. The molecule has 0 saturated carbocycles. The molecule has 3 fully saturated rings. The van der Waals surface area contributed by atoms with Gasteiger partial charge in [0.2, 0.25) is 0 Å². The lowest BCUT2D eigenvalue weighted by atomic mass is 9.73. The first kappa shape index (κ1) is 21.2. The number of ether oxygens (including phenoxy) is 1. The summed E-state index contributed by atoms with van der Waals surface area (Å²) in [6.07, 6.45) is 4.51. The largest absolute Gasteiger partial charge is 0.497 e. The Hall–Kier alpha value is -2.69. The lowest BCUT2D eigenvalue weighted by Gasteiger charge is -2.50. The number of fused-ring (bicyclic) bond motifs is 4. The standard InChI is InChI=1S/C28H32N2O2/c1-4-18-17-30-14-13-20(18)15-25(30)28(31)27-22-16-21(32-3)11-12-24(22)29-23(5-2)26(27)19-9-7-6-8-10-19/h4,6-12,16,18,20,25,28,31H,1,5,13-15,17H2,2-3H3/t18-,20?,25-,28-/m0/s1. The maximum Gasteiger partial charge on any atom is 0.119 e. The van der Waals surface area contributed by atoms with E-state index < -0.39 is 6.10 Å². The van der Waals surface area contributed by atoms with Crippen LogP contribution in [-0.4, -0.2) is 41.2 Å². The molecule has 4 heterocycles. The number of rotatable bonds is 6. The van der Waals surface area contributed by atoms with Gasteiger partial charge in [0.05, 0.1) is 18.7 Å². The van der Waals surface area contributed by atoms with Crippen molar-refractivity contribution in [2.24, 2.45) is 11.8 Å². The first-order valence-corrected chi connectivity index (χ1v) is 11.7. The van der Waals surface area contributed by atoms with Gasteiger partial charge in [0.1, 0.15) is 5.75 Å². The summed E-state index contributed by atoms with van der Waals surface area (Å²) in [5.41, 5.74) is 5.11. The van der Waals surface area contributed by atoms with Crippen molar-refractivity contribution in [1.29, 1.82) is 0 Å². The molecule has 0 aliphatic carbocycles. The van der Waals surface area contributed by atoms with Crippen LogP contribution in [0.5, 0.6) is 5.75 Å². The van der Waals surface area contributed by atoms with Gasteiger partial charge in [0.25, 0.3) is 0 Å². The number of aliphatic hydroxyl groups excluding tert-OH is 1. The Morgan fingerprint density at radius 1 is 1.25 bits per heavy atom. The minimum Gasteiger partial charge on any atom is -0.497 e. The molecule has 3 aliphatic heterocycles. The highest BCUT2D eigenvalue weighted by Gasteiger charge is 2.43. The van der Waals surface area contributed by atoms with Gasteiger partial charge < -0.3 is 9.84 Å². The van der Waals surface area contributed by atoms with Crippen LogP contribution >= 0.6 is 0 Å². The van der Waals surface area contributed by atoms with Gasteiger partial charge >= 0.3 is 0 Å². The maximum atomic E-state index is 12.0. The van der Waals surface area contributed by atoms with Crippen LogP contribution in [0.2, 0.25) is 0 Å². The monoisotopic (exact) mass is 428 g/mol. The molecule has 1 N–H and O–H groups in total. The van der Waals surface area contributed by atoms with Crippen LogP contribution in [0, 0.1) is 11.8 Å². The summed E-state index contributed by atoms with van der Waals surface area (Å²) in [6.45, 7) is 8.23. The molecule has 0 spiro atoms. The van der Waals surface area contributed by atoms with Gasteiger partial charge in [0.15, 0.2) is 0 Å². The molecule has 0 amide bonds. The number of methoxy groups -OCH3 is 1. The van der Waals surface area contributed by atoms with E-state index in [0.717, 1.165) is 65.0 Å². The van der Waals surface area contributed by atoms with E-state index in [1.165, 1.54) is 6.42 Å². The highest BCUT2D eigenvalue weighted by atomic mass is 16.5. The Labute approximate surface area is 190 Å². The molecule has 4 heteroatoms. The molecule has 3 aliphatic rings. The molecule has 2 bridgehead atoms. The van der Waals surface area contributed by atoms with Crippen molar-refractivity contribution in [2.45, 2.75) is 38.3 Å². The molecule has 3 aromatic rings. The average Bonchev–Trinajstić information content (AvgIpc) is 2.87. The van der Waals surface area contributed by atoms with Crippen molar-refractivity contribution in [1.82, 2.24) is 9.88 Å². The van der Waals surface area contributed by atoms with E-state index in [1.807, 2.05) is 24.3 Å². The van der Waals surface area contributed by atoms with E-state index >= 15 is 0 Å². The Kier molecular flexibility index (Phi) is 5.75. The van der Waals surface area contributed by atoms with Crippen molar-refractivity contribution in [3.8, 4) is 16.9 Å². The van der Waals surface area contributed by atoms with Gasteiger partial charge in [-0.3, -0.25) is 9.88 Å². The van der Waals surface area contributed by atoms with Crippen molar-refractivity contribution in [3.05, 3.63) is 72.4 Å². The van der Waals surface area contributed by atoms with E-state index in [2.05, 4.69) is 48.7 Å². The molecule has 32 heavy (non-hydrogen) atoms. The lowest BCUT2D eigenvalue weighted by Crippen LogP contribution is -2.54. The number of pyridine rings is 1. The van der Waals surface area contributed by atoms with E-state index in [9.17, 15) is 5.11 Å².